The van der Waals surface area contributed by atoms with Crippen LogP contribution in [0.4, 0.5) is 0 Å². The number of nitrogens with zero attached hydrogens (tertiary/aromatic N) is 4. The van der Waals surface area contributed by atoms with Gasteiger partial charge in [-0.3, -0.25) is 9.20 Å². The van der Waals surface area contributed by atoms with Crippen molar-refractivity contribution in [2.75, 3.05) is 12.3 Å². The van der Waals surface area contributed by atoms with Gasteiger partial charge in [0.25, 0.3) is 0 Å². The number of carbonyl (C=O) groups excluding carboxylic acids is 1. The highest BCUT2D eigenvalue weighted by Gasteiger charge is 2.23. The zero-order valence-corrected chi connectivity index (χ0v) is 12.3. The Morgan fingerprint density at radius 2 is 2.30 bits per heavy atom. The highest BCUT2D eigenvalue weighted by Crippen LogP contribution is 2.21. The monoisotopic (exact) mass is 290 g/mol. The van der Waals surface area contributed by atoms with Crippen molar-refractivity contribution in [1.29, 1.82) is 0 Å². The molecule has 0 N–H and O–H groups in total. The number of aromatic nitrogens is 3. The lowest BCUT2D eigenvalue weighted by Crippen LogP contribution is -2.42. The summed E-state index contributed by atoms with van der Waals surface area (Å²) in [5.41, 5.74) is 0.814. The summed E-state index contributed by atoms with van der Waals surface area (Å²) in [5.74, 6) is 0.634. The van der Waals surface area contributed by atoms with E-state index in [1.54, 1.807) is 0 Å². The van der Waals surface area contributed by atoms with E-state index < -0.39 is 0 Å². The average Bonchev–Trinajstić information content (AvgIpc) is 2.88. The summed E-state index contributed by atoms with van der Waals surface area (Å²) < 4.78 is 1.91. The molecule has 5 nitrogen and oxygen atoms in total. The van der Waals surface area contributed by atoms with Crippen LogP contribution < -0.4 is 0 Å². The van der Waals surface area contributed by atoms with Crippen LogP contribution in [0.1, 0.15) is 26.2 Å². The van der Waals surface area contributed by atoms with Crippen LogP contribution in [0.25, 0.3) is 5.65 Å². The SMILES string of the molecule is C[C@H]1CCCCN1C(=O)CSc1nnc2ccccn12. The number of hydrogen-bond donors (Lipinski definition) is 0. The fraction of sp³-hybridized carbons (Fsp3) is 0.500. The van der Waals surface area contributed by atoms with Gasteiger partial charge in [-0.2, -0.15) is 0 Å². The third-order valence-corrected chi connectivity index (χ3v) is 4.66. The molecule has 3 rings (SSSR count). The third kappa shape index (κ3) is 2.65. The minimum absolute atomic E-state index is 0.204. The van der Waals surface area contributed by atoms with Crippen molar-refractivity contribution in [1.82, 2.24) is 19.5 Å². The number of carbonyl (C=O) groups is 1. The first-order valence-corrected chi connectivity index (χ1v) is 7.96. The van der Waals surface area contributed by atoms with Crippen molar-refractivity contribution < 1.29 is 4.79 Å². The molecule has 0 radical (unpaired) electrons. The lowest BCUT2D eigenvalue weighted by atomic mass is 10.0. The molecule has 1 aliphatic rings. The minimum Gasteiger partial charge on any atom is -0.339 e. The molecule has 2 aromatic rings. The predicted molar refractivity (Wildman–Crippen MR) is 78.7 cm³/mol. The van der Waals surface area contributed by atoms with Gasteiger partial charge in [0.1, 0.15) is 0 Å². The van der Waals surface area contributed by atoms with Crippen molar-refractivity contribution >= 4 is 23.3 Å². The molecule has 1 amide bonds. The molecule has 0 aliphatic carbocycles. The second-order valence-corrected chi connectivity index (χ2v) is 6.07. The Bertz CT molecular complexity index is 612. The van der Waals surface area contributed by atoms with Crippen molar-refractivity contribution in [2.45, 2.75) is 37.4 Å². The van der Waals surface area contributed by atoms with Crippen LogP contribution >= 0.6 is 11.8 Å². The minimum atomic E-state index is 0.204. The van der Waals surface area contributed by atoms with Gasteiger partial charge in [0, 0.05) is 18.8 Å². The lowest BCUT2D eigenvalue weighted by Gasteiger charge is -2.33. The maximum absolute atomic E-state index is 12.3. The number of rotatable bonds is 3. The van der Waals surface area contributed by atoms with Gasteiger partial charge in [0.05, 0.1) is 5.75 Å². The fourth-order valence-electron chi connectivity index (χ4n) is 2.60. The Labute approximate surface area is 122 Å². The maximum Gasteiger partial charge on any atom is 0.233 e. The Morgan fingerprint density at radius 1 is 1.40 bits per heavy atom. The van der Waals surface area contributed by atoms with Crippen LogP contribution in [-0.2, 0) is 4.79 Å². The number of pyridine rings is 1. The second-order valence-electron chi connectivity index (χ2n) is 5.13. The molecule has 1 fully saturated rings. The quantitative estimate of drug-likeness (QED) is 0.813. The van der Waals surface area contributed by atoms with Crippen LogP contribution in [0, 0.1) is 0 Å². The van der Waals surface area contributed by atoms with Gasteiger partial charge in [-0.15, -0.1) is 10.2 Å². The number of thioether (sulfide) groups is 1. The molecular formula is C14H18N4OS. The summed E-state index contributed by atoms with van der Waals surface area (Å²) in [4.78, 5) is 14.3. The van der Waals surface area contributed by atoms with E-state index in [-0.39, 0.29) is 5.91 Å². The summed E-state index contributed by atoms with van der Waals surface area (Å²) >= 11 is 1.46. The molecule has 0 unspecified atom stereocenters. The Balaban J connectivity index is 1.65. The molecule has 6 heteroatoms. The van der Waals surface area contributed by atoms with Gasteiger partial charge in [-0.05, 0) is 38.3 Å². The molecule has 0 aromatic carbocycles. The van der Waals surface area contributed by atoms with Gasteiger partial charge < -0.3 is 4.90 Å². The molecule has 0 saturated carbocycles. The molecule has 20 heavy (non-hydrogen) atoms. The average molecular weight is 290 g/mol. The van der Waals surface area contributed by atoms with E-state index in [0.717, 1.165) is 30.2 Å². The second kappa shape index (κ2) is 5.83. The molecule has 106 valence electrons. The molecule has 1 aliphatic heterocycles. The molecular weight excluding hydrogens is 272 g/mol. The van der Waals surface area contributed by atoms with Gasteiger partial charge in [-0.25, -0.2) is 0 Å². The third-order valence-electron chi connectivity index (χ3n) is 3.73. The van der Waals surface area contributed by atoms with Crippen LogP contribution in [0.5, 0.6) is 0 Å². The number of hydrogen-bond acceptors (Lipinski definition) is 4. The number of fused-ring (bicyclic) bond motifs is 1. The number of amides is 1. The molecule has 2 aromatic heterocycles. The highest BCUT2D eigenvalue weighted by molar-refractivity contribution is 7.99. The highest BCUT2D eigenvalue weighted by atomic mass is 32.2. The normalized spacial score (nSPS) is 19.4. The van der Waals surface area contributed by atoms with E-state index in [0.29, 0.717) is 11.8 Å². The van der Waals surface area contributed by atoms with Gasteiger partial charge in [0.15, 0.2) is 10.8 Å². The van der Waals surface area contributed by atoms with Crippen LogP contribution in [-0.4, -0.2) is 43.7 Å². The predicted octanol–water partition coefficient (Wildman–Crippen LogP) is 2.22. The maximum atomic E-state index is 12.3. The van der Waals surface area contributed by atoms with Crippen molar-refractivity contribution in [2.24, 2.45) is 0 Å². The summed E-state index contributed by atoms with van der Waals surface area (Å²) in [7, 11) is 0. The van der Waals surface area contributed by atoms with E-state index in [2.05, 4.69) is 17.1 Å². The summed E-state index contributed by atoms with van der Waals surface area (Å²) in [6, 6.07) is 6.14. The molecule has 1 atom stereocenters. The molecule has 0 spiro atoms. The largest absolute Gasteiger partial charge is 0.339 e. The zero-order valence-electron chi connectivity index (χ0n) is 11.5. The Morgan fingerprint density at radius 3 is 3.15 bits per heavy atom. The van der Waals surface area contributed by atoms with E-state index in [1.165, 1.54) is 18.2 Å². The van der Waals surface area contributed by atoms with Gasteiger partial charge in [-0.1, -0.05) is 17.8 Å². The summed E-state index contributed by atoms with van der Waals surface area (Å²) in [5, 5.41) is 9.00. The molecule has 3 heterocycles. The van der Waals surface area contributed by atoms with Crippen LogP contribution in [0.2, 0.25) is 0 Å². The van der Waals surface area contributed by atoms with Crippen molar-refractivity contribution in [3.05, 3.63) is 24.4 Å². The fourth-order valence-corrected chi connectivity index (χ4v) is 3.41. The van der Waals surface area contributed by atoms with Crippen molar-refractivity contribution in [3.63, 3.8) is 0 Å². The van der Waals surface area contributed by atoms with Gasteiger partial charge in [0.2, 0.25) is 5.91 Å². The first kappa shape index (κ1) is 13.4. The number of piperidine rings is 1. The van der Waals surface area contributed by atoms with E-state index in [1.807, 2.05) is 33.7 Å². The van der Waals surface area contributed by atoms with E-state index in [9.17, 15) is 4.79 Å². The summed E-state index contributed by atoms with van der Waals surface area (Å²) in [6.45, 7) is 3.02. The van der Waals surface area contributed by atoms with E-state index >= 15 is 0 Å². The van der Waals surface area contributed by atoms with Crippen LogP contribution in [0.3, 0.4) is 0 Å². The first-order valence-electron chi connectivity index (χ1n) is 6.98. The molecule has 1 saturated heterocycles. The number of likely N-dealkylation sites (tertiary alicyclic amines) is 1. The standard InChI is InChI=1S/C14H18N4OS/c1-11-6-2-4-8-17(11)13(19)10-20-14-16-15-12-7-3-5-9-18(12)14/h3,5,7,9,11H,2,4,6,8,10H2,1H3/t11-/m0/s1. The lowest BCUT2D eigenvalue weighted by molar-refractivity contribution is -0.131. The summed E-state index contributed by atoms with van der Waals surface area (Å²) in [6.07, 6.45) is 5.39. The van der Waals surface area contributed by atoms with Gasteiger partial charge >= 0.3 is 0 Å². The van der Waals surface area contributed by atoms with Crippen LogP contribution in [0.15, 0.2) is 29.6 Å². The Hall–Kier alpha value is -1.56. The zero-order chi connectivity index (χ0) is 13.9. The topological polar surface area (TPSA) is 50.5 Å². The van der Waals surface area contributed by atoms with Crippen molar-refractivity contribution in [3.8, 4) is 0 Å². The molecule has 0 bridgehead atoms. The first-order chi connectivity index (χ1) is 9.75. The van der Waals surface area contributed by atoms with E-state index in [4.69, 9.17) is 0 Å². The Kier molecular flexibility index (Phi) is 3.91. The smallest absolute Gasteiger partial charge is 0.233 e.